The molecule has 2 aromatic rings. The number of carbonyl (C=O) groups excluding carboxylic acids is 2. The van der Waals surface area contributed by atoms with Crippen molar-refractivity contribution in [3.8, 4) is 11.6 Å². The first-order valence-corrected chi connectivity index (χ1v) is 11.2. The van der Waals surface area contributed by atoms with E-state index in [4.69, 9.17) is 9.47 Å². The maximum absolute atomic E-state index is 14.1. The molecule has 2 N–H and O–H groups in total. The summed E-state index contributed by atoms with van der Waals surface area (Å²) >= 11 is 0.716. The van der Waals surface area contributed by atoms with Crippen LogP contribution in [-0.2, 0) is 11.3 Å². The molecule has 0 aliphatic carbocycles. The van der Waals surface area contributed by atoms with Gasteiger partial charge in [-0.05, 0) is 62.9 Å². The Labute approximate surface area is 198 Å². The molecule has 0 spiro atoms. The molecule has 0 radical (unpaired) electrons. The highest BCUT2D eigenvalue weighted by Gasteiger charge is 2.25. The number of urea groups is 1. The first kappa shape index (κ1) is 25.6. The molecule has 1 aliphatic heterocycles. The van der Waals surface area contributed by atoms with Gasteiger partial charge in [0.05, 0.1) is 12.7 Å². The highest BCUT2D eigenvalue weighted by atomic mass is 32.1. The van der Waals surface area contributed by atoms with Crippen LogP contribution in [0.3, 0.4) is 0 Å². The fourth-order valence-electron chi connectivity index (χ4n) is 3.52. The van der Waals surface area contributed by atoms with Crippen molar-refractivity contribution in [1.82, 2.24) is 14.6 Å². The number of rotatable bonds is 8. The summed E-state index contributed by atoms with van der Waals surface area (Å²) in [6.07, 6.45) is 1.83. The Morgan fingerprint density at radius 1 is 1.29 bits per heavy atom. The van der Waals surface area contributed by atoms with Gasteiger partial charge in [-0.15, -0.1) is 4.37 Å². The van der Waals surface area contributed by atoms with Crippen LogP contribution in [0.15, 0.2) is 6.07 Å². The van der Waals surface area contributed by atoms with Gasteiger partial charge >= 0.3 is 12.2 Å². The summed E-state index contributed by atoms with van der Waals surface area (Å²) < 4.78 is 60.7. The van der Waals surface area contributed by atoms with Crippen molar-refractivity contribution in [2.75, 3.05) is 32.6 Å². The summed E-state index contributed by atoms with van der Waals surface area (Å²) in [5, 5.41) is 5.23. The summed E-state index contributed by atoms with van der Waals surface area (Å²) in [7, 11) is 3.11. The topological polar surface area (TPSA) is 102 Å². The lowest BCUT2D eigenvalue weighted by molar-refractivity contribution is 0.119. The molecule has 2 amide bonds. The van der Waals surface area contributed by atoms with E-state index < -0.39 is 41.8 Å². The standard InChI is InChI=1S/C21H25F3N4O5S/c1-11-9-14(22)13(16(24)15(11)23)10-32-18-17(33-21(30)31-3)19(34-27-18)26-20(29)25-7-6-12-5-4-8-28(12)2/h9,12H,4-8,10H2,1-3H3,(H2,25,26,29). The van der Waals surface area contributed by atoms with Crippen molar-refractivity contribution in [2.45, 2.75) is 38.8 Å². The second kappa shape index (κ2) is 11.4. The Morgan fingerprint density at radius 3 is 2.74 bits per heavy atom. The van der Waals surface area contributed by atoms with E-state index in [-0.39, 0.29) is 22.2 Å². The van der Waals surface area contributed by atoms with E-state index in [0.717, 1.165) is 39.0 Å². The number of ether oxygens (including phenoxy) is 3. The first-order valence-electron chi connectivity index (χ1n) is 10.5. The van der Waals surface area contributed by atoms with Gasteiger partial charge in [-0.1, -0.05) is 0 Å². The minimum Gasteiger partial charge on any atom is -0.469 e. The van der Waals surface area contributed by atoms with Crippen LogP contribution in [-0.4, -0.2) is 54.7 Å². The predicted molar refractivity (Wildman–Crippen MR) is 118 cm³/mol. The second-order valence-electron chi connectivity index (χ2n) is 7.72. The molecule has 186 valence electrons. The van der Waals surface area contributed by atoms with E-state index in [1.807, 2.05) is 7.05 Å². The molecule has 0 bridgehead atoms. The lowest BCUT2D eigenvalue weighted by atomic mass is 10.1. The highest BCUT2D eigenvalue weighted by Crippen LogP contribution is 2.39. The Bertz CT molecular complexity index is 1050. The van der Waals surface area contributed by atoms with Gasteiger partial charge < -0.3 is 24.4 Å². The molecule has 1 aromatic carbocycles. The number of likely N-dealkylation sites (tertiary alicyclic amines) is 1. The lowest BCUT2D eigenvalue weighted by Gasteiger charge is -2.19. The van der Waals surface area contributed by atoms with Gasteiger partial charge in [0.15, 0.2) is 16.6 Å². The molecule has 1 aliphatic rings. The first-order chi connectivity index (χ1) is 16.2. The summed E-state index contributed by atoms with van der Waals surface area (Å²) in [5.74, 6) is -4.25. The second-order valence-corrected chi connectivity index (χ2v) is 8.49. The van der Waals surface area contributed by atoms with Crippen molar-refractivity contribution in [1.29, 1.82) is 0 Å². The molecule has 1 fully saturated rings. The smallest absolute Gasteiger partial charge is 0.469 e. The monoisotopic (exact) mass is 502 g/mol. The van der Waals surface area contributed by atoms with E-state index in [1.54, 1.807) is 0 Å². The van der Waals surface area contributed by atoms with Crippen LogP contribution >= 0.6 is 11.5 Å². The van der Waals surface area contributed by atoms with Crippen LogP contribution in [0.1, 0.15) is 30.4 Å². The number of anilines is 1. The van der Waals surface area contributed by atoms with Gasteiger partial charge in [-0.3, -0.25) is 5.32 Å². The normalized spacial score (nSPS) is 15.8. The molecule has 1 unspecified atom stereocenters. The van der Waals surface area contributed by atoms with Crippen molar-refractivity contribution in [3.05, 3.63) is 34.6 Å². The number of benzene rings is 1. The number of hydrogen-bond donors (Lipinski definition) is 2. The van der Waals surface area contributed by atoms with E-state index in [1.165, 1.54) is 6.92 Å². The van der Waals surface area contributed by atoms with Crippen LogP contribution < -0.4 is 20.1 Å². The van der Waals surface area contributed by atoms with Crippen molar-refractivity contribution in [2.24, 2.45) is 0 Å². The minimum atomic E-state index is -1.39. The molecular weight excluding hydrogens is 477 g/mol. The Hall–Kier alpha value is -3.06. The molecule has 3 rings (SSSR count). The van der Waals surface area contributed by atoms with Crippen molar-refractivity contribution >= 4 is 28.7 Å². The number of nitrogens with one attached hydrogen (secondary N) is 2. The van der Waals surface area contributed by atoms with Crippen LogP contribution in [0.2, 0.25) is 0 Å². The molecule has 1 saturated heterocycles. The van der Waals surface area contributed by atoms with E-state index in [0.29, 0.717) is 24.1 Å². The quantitative estimate of drug-likeness (QED) is 0.412. The summed E-state index contributed by atoms with van der Waals surface area (Å²) in [4.78, 5) is 26.2. The number of methoxy groups -OCH3 is 1. The molecule has 0 saturated carbocycles. The highest BCUT2D eigenvalue weighted by molar-refractivity contribution is 7.11. The van der Waals surface area contributed by atoms with E-state index in [9.17, 15) is 22.8 Å². The summed E-state index contributed by atoms with van der Waals surface area (Å²) in [6, 6.07) is 0.669. The number of hydrogen-bond acceptors (Lipinski definition) is 8. The van der Waals surface area contributed by atoms with Gasteiger partial charge in [0, 0.05) is 12.6 Å². The maximum atomic E-state index is 14.1. The molecule has 13 heteroatoms. The summed E-state index contributed by atoms with van der Waals surface area (Å²) in [5.41, 5.74) is -0.858. The van der Waals surface area contributed by atoms with Crippen LogP contribution in [0.25, 0.3) is 0 Å². The Kier molecular flexibility index (Phi) is 8.56. The number of carbonyl (C=O) groups is 2. The lowest BCUT2D eigenvalue weighted by Crippen LogP contribution is -2.34. The molecular formula is C21H25F3N4O5S. The van der Waals surface area contributed by atoms with Gasteiger partial charge in [0.25, 0.3) is 5.88 Å². The fourth-order valence-corrected chi connectivity index (χ4v) is 4.18. The third-order valence-corrected chi connectivity index (χ3v) is 6.15. The molecule has 1 atom stereocenters. The van der Waals surface area contributed by atoms with E-state index >= 15 is 0 Å². The zero-order valence-corrected chi connectivity index (χ0v) is 19.7. The number of aryl methyl sites for hydroxylation is 1. The SMILES string of the molecule is COC(=O)Oc1c(OCc2c(F)cc(C)c(F)c2F)nsc1NC(=O)NCCC1CCCN1C. The van der Waals surface area contributed by atoms with Crippen molar-refractivity contribution in [3.63, 3.8) is 0 Å². The number of amides is 2. The molecule has 34 heavy (non-hydrogen) atoms. The minimum absolute atomic E-state index is 0.00640. The Balaban J connectivity index is 1.68. The predicted octanol–water partition coefficient (Wildman–Crippen LogP) is 4.20. The van der Waals surface area contributed by atoms with Gasteiger partial charge in [0.1, 0.15) is 12.4 Å². The van der Waals surface area contributed by atoms with Gasteiger partial charge in [-0.2, -0.15) is 0 Å². The van der Waals surface area contributed by atoms with Gasteiger partial charge in [0.2, 0.25) is 5.75 Å². The average molecular weight is 503 g/mol. The third-order valence-electron chi connectivity index (χ3n) is 5.42. The third kappa shape index (κ3) is 6.08. The number of nitrogens with zero attached hydrogens (tertiary/aromatic N) is 2. The van der Waals surface area contributed by atoms with Crippen molar-refractivity contribution < 1.29 is 37.0 Å². The fraction of sp³-hybridized carbons (Fsp3) is 0.476. The van der Waals surface area contributed by atoms with Crippen LogP contribution in [0.4, 0.5) is 27.8 Å². The molecule has 2 heterocycles. The number of aromatic nitrogens is 1. The maximum Gasteiger partial charge on any atom is 0.513 e. The van der Waals surface area contributed by atoms with Crippen LogP contribution in [0.5, 0.6) is 11.6 Å². The van der Waals surface area contributed by atoms with Gasteiger partial charge in [-0.25, -0.2) is 22.8 Å². The summed E-state index contributed by atoms with van der Waals surface area (Å²) in [6.45, 7) is 1.94. The zero-order valence-electron chi connectivity index (χ0n) is 18.9. The largest absolute Gasteiger partial charge is 0.513 e. The zero-order chi connectivity index (χ0) is 24.8. The Morgan fingerprint density at radius 2 is 2.06 bits per heavy atom. The average Bonchev–Trinajstić information content (AvgIpc) is 3.37. The molecule has 1 aromatic heterocycles. The van der Waals surface area contributed by atoms with Crippen LogP contribution in [0, 0.1) is 24.4 Å². The molecule has 9 nitrogen and oxygen atoms in total. The number of halogens is 3. The van der Waals surface area contributed by atoms with E-state index in [2.05, 4.69) is 24.6 Å².